The lowest BCUT2D eigenvalue weighted by Gasteiger charge is -2.44. The first-order valence-corrected chi connectivity index (χ1v) is 7.00. The highest BCUT2D eigenvalue weighted by Gasteiger charge is 2.37. The second kappa shape index (κ2) is 6.44. The standard InChI is InChI=1S/C12H24N4S/c1-5-12(6-2,16(3)4)10(15-13)9-11-14-7-8-17-11/h7-8,10,15H,5-6,9,13H2,1-4H3. The van der Waals surface area contributed by atoms with Crippen LogP contribution in [0.3, 0.4) is 0 Å². The van der Waals surface area contributed by atoms with E-state index in [1.165, 1.54) is 0 Å². The first-order chi connectivity index (χ1) is 8.10. The third-order valence-corrected chi connectivity index (χ3v) is 4.63. The van der Waals surface area contributed by atoms with E-state index in [9.17, 15) is 0 Å². The Bertz CT molecular complexity index is 306. The summed E-state index contributed by atoms with van der Waals surface area (Å²) in [5.41, 5.74) is 3.07. The molecule has 0 radical (unpaired) electrons. The van der Waals surface area contributed by atoms with Crippen molar-refractivity contribution in [2.75, 3.05) is 14.1 Å². The fourth-order valence-electron chi connectivity index (χ4n) is 2.62. The summed E-state index contributed by atoms with van der Waals surface area (Å²) < 4.78 is 0. The maximum atomic E-state index is 5.76. The molecule has 0 aliphatic carbocycles. The van der Waals surface area contributed by atoms with Crippen molar-refractivity contribution in [3.8, 4) is 0 Å². The molecule has 3 N–H and O–H groups in total. The van der Waals surface area contributed by atoms with Gasteiger partial charge in [-0.3, -0.25) is 11.3 Å². The summed E-state index contributed by atoms with van der Waals surface area (Å²) in [5.74, 6) is 5.76. The van der Waals surface area contributed by atoms with E-state index in [2.05, 4.69) is 43.3 Å². The van der Waals surface area contributed by atoms with Crippen molar-refractivity contribution < 1.29 is 0 Å². The fraction of sp³-hybridized carbons (Fsp3) is 0.750. The van der Waals surface area contributed by atoms with Crippen LogP contribution in [0.1, 0.15) is 31.7 Å². The number of hydrazine groups is 1. The van der Waals surface area contributed by atoms with Crippen LogP contribution in [0.2, 0.25) is 0 Å². The van der Waals surface area contributed by atoms with Crippen LogP contribution in [0.25, 0.3) is 0 Å². The SMILES string of the molecule is CCC(CC)(C(Cc1nccs1)NN)N(C)C. The number of thiazole rings is 1. The molecular weight excluding hydrogens is 232 g/mol. The van der Waals surface area contributed by atoms with Crippen LogP contribution in [0.5, 0.6) is 0 Å². The molecule has 0 aromatic carbocycles. The summed E-state index contributed by atoms with van der Waals surface area (Å²) in [6.07, 6.45) is 4.87. The minimum Gasteiger partial charge on any atom is -0.302 e. The van der Waals surface area contributed by atoms with Gasteiger partial charge in [0.1, 0.15) is 0 Å². The van der Waals surface area contributed by atoms with Gasteiger partial charge in [0.2, 0.25) is 0 Å². The molecule has 4 nitrogen and oxygen atoms in total. The van der Waals surface area contributed by atoms with Crippen LogP contribution in [0.4, 0.5) is 0 Å². The molecule has 17 heavy (non-hydrogen) atoms. The smallest absolute Gasteiger partial charge is 0.0941 e. The third kappa shape index (κ3) is 3.04. The average molecular weight is 256 g/mol. The molecule has 1 unspecified atom stereocenters. The Balaban J connectivity index is 2.89. The molecule has 0 aliphatic heterocycles. The third-order valence-electron chi connectivity index (χ3n) is 3.83. The van der Waals surface area contributed by atoms with E-state index in [1.54, 1.807) is 11.3 Å². The molecular formula is C12H24N4S. The van der Waals surface area contributed by atoms with Gasteiger partial charge in [0.05, 0.1) is 5.01 Å². The fourth-order valence-corrected chi connectivity index (χ4v) is 3.28. The van der Waals surface area contributed by atoms with Gasteiger partial charge < -0.3 is 4.90 Å². The normalized spacial score (nSPS) is 14.2. The first-order valence-electron chi connectivity index (χ1n) is 6.12. The van der Waals surface area contributed by atoms with Gasteiger partial charge in [-0.2, -0.15) is 0 Å². The Kier molecular flexibility index (Phi) is 5.52. The highest BCUT2D eigenvalue weighted by Crippen LogP contribution is 2.28. The number of nitrogens with one attached hydrogen (secondary N) is 1. The maximum Gasteiger partial charge on any atom is 0.0941 e. The molecule has 1 rings (SSSR count). The van der Waals surface area contributed by atoms with Crippen LogP contribution in [-0.4, -0.2) is 35.6 Å². The highest BCUT2D eigenvalue weighted by molar-refractivity contribution is 7.09. The lowest BCUT2D eigenvalue weighted by molar-refractivity contribution is 0.0882. The molecule has 1 heterocycles. The van der Waals surface area contributed by atoms with Crippen molar-refractivity contribution in [2.45, 2.75) is 44.7 Å². The number of nitrogens with zero attached hydrogens (tertiary/aromatic N) is 2. The Morgan fingerprint density at radius 3 is 2.47 bits per heavy atom. The van der Waals surface area contributed by atoms with Crippen LogP contribution in [-0.2, 0) is 6.42 Å². The summed E-state index contributed by atoms with van der Waals surface area (Å²) in [4.78, 5) is 6.63. The minimum absolute atomic E-state index is 0.0838. The van der Waals surface area contributed by atoms with Crippen LogP contribution < -0.4 is 11.3 Å². The minimum atomic E-state index is 0.0838. The first kappa shape index (κ1) is 14.6. The molecule has 98 valence electrons. The summed E-state index contributed by atoms with van der Waals surface area (Å²) in [6, 6.07) is 0.221. The van der Waals surface area contributed by atoms with E-state index < -0.39 is 0 Å². The van der Waals surface area contributed by atoms with E-state index in [0.717, 1.165) is 24.3 Å². The summed E-state index contributed by atoms with van der Waals surface area (Å²) in [7, 11) is 4.25. The highest BCUT2D eigenvalue weighted by atomic mass is 32.1. The Labute approximate surface area is 108 Å². The molecule has 0 bridgehead atoms. The number of nitrogens with two attached hydrogens (primary N) is 1. The summed E-state index contributed by atoms with van der Waals surface area (Å²) >= 11 is 1.69. The number of likely N-dealkylation sites (N-methyl/N-ethyl adjacent to an activating group) is 1. The van der Waals surface area contributed by atoms with Gasteiger partial charge >= 0.3 is 0 Å². The molecule has 0 spiro atoms. The van der Waals surface area contributed by atoms with E-state index in [-0.39, 0.29) is 11.6 Å². The van der Waals surface area contributed by atoms with Gasteiger partial charge in [0, 0.05) is 29.6 Å². The number of aromatic nitrogens is 1. The molecule has 0 saturated heterocycles. The Morgan fingerprint density at radius 2 is 2.12 bits per heavy atom. The van der Waals surface area contributed by atoms with Crippen molar-refractivity contribution >= 4 is 11.3 Å². The molecule has 1 aromatic rings. The van der Waals surface area contributed by atoms with E-state index in [1.807, 2.05) is 11.6 Å². The van der Waals surface area contributed by atoms with E-state index in [0.29, 0.717) is 0 Å². The van der Waals surface area contributed by atoms with Gasteiger partial charge in [-0.15, -0.1) is 11.3 Å². The lowest BCUT2D eigenvalue weighted by atomic mass is 9.82. The zero-order chi connectivity index (χ0) is 12.9. The molecule has 5 heteroatoms. The zero-order valence-electron chi connectivity index (χ0n) is 11.2. The van der Waals surface area contributed by atoms with Gasteiger partial charge in [-0.05, 0) is 26.9 Å². The summed E-state index contributed by atoms with van der Waals surface area (Å²) in [6.45, 7) is 4.44. The second-order valence-corrected chi connectivity index (χ2v) is 5.53. The van der Waals surface area contributed by atoms with Crippen molar-refractivity contribution in [2.24, 2.45) is 5.84 Å². The van der Waals surface area contributed by atoms with Crippen LogP contribution >= 0.6 is 11.3 Å². The maximum absolute atomic E-state index is 5.76. The molecule has 0 aliphatic rings. The quantitative estimate of drug-likeness (QED) is 0.575. The van der Waals surface area contributed by atoms with Crippen molar-refractivity contribution in [1.82, 2.24) is 15.3 Å². The van der Waals surface area contributed by atoms with E-state index >= 15 is 0 Å². The number of rotatable bonds is 7. The molecule has 1 atom stereocenters. The lowest BCUT2D eigenvalue weighted by Crippen LogP contribution is -2.61. The van der Waals surface area contributed by atoms with Crippen LogP contribution in [0, 0.1) is 0 Å². The zero-order valence-corrected chi connectivity index (χ0v) is 12.0. The monoisotopic (exact) mass is 256 g/mol. The van der Waals surface area contributed by atoms with Crippen molar-refractivity contribution in [1.29, 1.82) is 0 Å². The largest absolute Gasteiger partial charge is 0.302 e. The van der Waals surface area contributed by atoms with Crippen LogP contribution in [0.15, 0.2) is 11.6 Å². The molecule has 1 aromatic heterocycles. The number of hydrogen-bond donors (Lipinski definition) is 2. The van der Waals surface area contributed by atoms with Gasteiger partial charge in [-0.25, -0.2) is 4.98 Å². The van der Waals surface area contributed by atoms with E-state index in [4.69, 9.17) is 5.84 Å². The van der Waals surface area contributed by atoms with Gasteiger partial charge in [-0.1, -0.05) is 13.8 Å². The summed E-state index contributed by atoms with van der Waals surface area (Å²) in [5, 5.41) is 3.15. The van der Waals surface area contributed by atoms with Gasteiger partial charge in [0.25, 0.3) is 0 Å². The predicted molar refractivity (Wildman–Crippen MR) is 73.9 cm³/mol. The number of hydrogen-bond acceptors (Lipinski definition) is 5. The second-order valence-electron chi connectivity index (χ2n) is 4.55. The molecule has 0 fully saturated rings. The van der Waals surface area contributed by atoms with Gasteiger partial charge in [0.15, 0.2) is 0 Å². The predicted octanol–water partition coefficient (Wildman–Crippen LogP) is 1.64. The topological polar surface area (TPSA) is 54.2 Å². The van der Waals surface area contributed by atoms with Crippen molar-refractivity contribution in [3.05, 3.63) is 16.6 Å². The molecule has 0 amide bonds. The Morgan fingerprint density at radius 1 is 1.47 bits per heavy atom. The Hall–Kier alpha value is -0.490. The van der Waals surface area contributed by atoms with Crippen molar-refractivity contribution in [3.63, 3.8) is 0 Å². The molecule has 0 saturated carbocycles. The average Bonchev–Trinajstić information content (AvgIpc) is 2.82.